The lowest BCUT2D eigenvalue weighted by atomic mass is 10.1. The fourth-order valence-electron chi connectivity index (χ4n) is 3.83. The van der Waals surface area contributed by atoms with Crippen LogP contribution in [0, 0.1) is 0 Å². The van der Waals surface area contributed by atoms with E-state index in [2.05, 4.69) is 6.92 Å². The van der Waals surface area contributed by atoms with Gasteiger partial charge in [0.05, 0.1) is 23.6 Å². The molecule has 2 aliphatic heterocycles. The summed E-state index contributed by atoms with van der Waals surface area (Å²) in [7, 11) is -3.20. The molecule has 0 saturated carbocycles. The Morgan fingerprint density at radius 1 is 1.00 bits per heavy atom. The highest BCUT2D eigenvalue weighted by Crippen LogP contribution is 2.38. The predicted octanol–water partition coefficient (Wildman–Crippen LogP) is 3.51. The van der Waals surface area contributed by atoms with Gasteiger partial charge in [0, 0.05) is 16.4 Å². The molecule has 2 amide bonds. The van der Waals surface area contributed by atoms with Crippen LogP contribution >= 0.6 is 11.6 Å². The quantitative estimate of drug-likeness (QED) is 0.753. The molecule has 2 unspecified atom stereocenters. The van der Waals surface area contributed by atoms with Gasteiger partial charge in [-0.15, -0.1) is 0 Å². The van der Waals surface area contributed by atoms with Crippen molar-refractivity contribution in [3.63, 3.8) is 0 Å². The van der Waals surface area contributed by atoms with Crippen LogP contribution in [0.25, 0.3) is 0 Å². The zero-order valence-electron chi connectivity index (χ0n) is 14.3. The number of urea groups is 1. The molecule has 2 fully saturated rings. The van der Waals surface area contributed by atoms with E-state index in [9.17, 15) is 13.2 Å². The number of carbonyl (C=O) groups excluding carboxylic acids is 1. The van der Waals surface area contributed by atoms with Crippen LogP contribution in [-0.2, 0) is 16.3 Å². The fraction of sp³-hybridized carbons (Fsp3) is 0.316. The van der Waals surface area contributed by atoms with Crippen LogP contribution in [0.1, 0.15) is 12.5 Å². The molecule has 0 bridgehead atoms. The maximum Gasteiger partial charge on any atom is 0.329 e. The molecule has 2 aliphatic rings. The molecule has 2 heterocycles. The third-order valence-electron chi connectivity index (χ3n) is 5.08. The molecule has 5 nitrogen and oxygen atoms in total. The lowest BCUT2D eigenvalue weighted by Gasteiger charge is -2.23. The van der Waals surface area contributed by atoms with E-state index >= 15 is 0 Å². The first kappa shape index (κ1) is 17.4. The summed E-state index contributed by atoms with van der Waals surface area (Å²) in [4.78, 5) is 16.4. The van der Waals surface area contributed by atoms with Gasteiger partial charge in [0.2, 0.25) is 0 Å². The van der Waals surface area contributed by atoms with Crippen molar-refractivity contribution in [2.24, 2.45) is 0 Å². The van der Waals surface area contributed by atoms with E-state index < -0.39 is 15.9 Å². The largest absolute Gasteiger partial charge is 0.329 e. The topological polar surface area (TPSA) is 57.7 Å². The summed E-state index contributed by atoms with van der Waals surface area (Å²) in [6, 6.07) is 13.7. The first-order chi connectivity index (χ1) is 12.4. The number of fused-ring (bicyclic) bond motifs is 1. The van der Waals surface area contributed by atoms with Crippen molar-refractivity contribution in [1.82, 2.24) is 0 Å². The maximum absolute atomic E-state index is 13.2. The Morgan fingerprint density at radius 3 is 2.19 bits per heavy atom. The molecule has 0 radical (unpaired) electrons. The highest BCUT2D eigenvalue weighted by molar-refractivity contribution is 7.91. The standard InChI is InChI=1S/C19H19ClN2O3S/c1-2-13-6-8-15(9-7-13)21-17-11-26(24,25)12-18(17)22(19(21)23)16-5-3-4-14(20)10-16/h3-10,17-18H,2,11-12H2,1H3. The average molecular weight is 391 g/mol. The Labute approximate surface area is 158 Å². The molecule has 0 aromatic heterocycles. The second-order valence-electron chi connectivity index (χ2n) is 6.73. The molecule has 7 heteroatoms. The smallest absolute Gasteiger partial charge is 0.288 e. The Balaban J connectivity index is 1.78. The summed E-state index contributed by atoms with van der Waals surface area (Å²) in [6.07, 6.45) is 0.906. The number of nitrogens with zero attached hydrogens (tertiary/aromatic N) is 2. The number of sulfone groups is 1. The number of hydrogen-bond acceptors (Lipinski definition) is 3. The van der Waals surface area contributed by atoms with Gasteiger partial charge in [-0.3, -0.25) is 9.80 Å². The van der Waals surface area contributed by atoms with E-state index in [1.807, 2.05) is 24.3 Å². The maximum atomic E-state index is 13.2. The van der Waals surface area contributed by atoms with Gasteiger partial charge < -0.3 is 0 Å². The van der Waals surface area contributed by atoms with Crippen LogP contribution in [-0.4, -0.2) is 38.0 Å². The number of rotatable bonds is 3. The van der Waals surface area contributed by atoms with Crippen molar-refractivity contribution in [2.45, 2.75) is 25.4 Å². The molecule has 0 aliphatic carbocycles. The fourth-order valence-corrected chi connectivity index (χ4v) is 5.93. The molecule has 2 aromatic rings. The van der Waals surface area contributed by atoms with Crippen LogP contribution in [0.4, 0.5) is 16.2 Å². The summed E-state index contributed by atoms with van der Waals surface area (Å²) in [5, 5.41) is 0.512. The van der Waals surface area contributed by atoms with Crippen molar-refractivity contribution in [1.29, 1.82) is 0 Å². The van der Waals surface area contributed by atoms with E-state index in [4.69, 9.17) is 11.6 Å². The second kappa shape index (κ2) is 6.28. The molecule has 2 aromatic carbocycles. The molecule has 136 valence electrons. The van der Waals surface area contributed by atoms with Crippen LogP contribution in [0.3, 0.4) is 0 Å². The van der Waals surface area contributed by atoms with Crippen LogP contribution in [0.2, 0.25) is 5.02 Å². The molecular formula is C19H19ClN2O3S. The van der Waals surface area contributed by atoms with E-state index in [0.29, 0.717) is 10.7 Å². The summed E-state index contributed by atoms with van der Waals surface area (Å²) < 4.78 is 24.6. The SMILES string of the molecule is CCc1ccc(N2C(=O)N(c3cccc(Cl)c3)C3CS(=O)(=O)CC32)cc1. The number of halogens is 1. The lowest BCUT2D eigenvalue weighted by molar-refractivity contribution is 0.255. The molecular weight excluding hydrogens is 372 g/mol. The van der Waals surface area contributed by atoms with E-state index in [1.165, 1.54) is 5.56 Å². The summed E-state index contributed by atoms with van der Waals surface area (Å²) in [5.74, 6) is -0.0462. The van der Waals surface area contributed by atoms with E-state index in [-0.39, 0.29) is 23.6 Å². The van der Waals surface area contributed by atoms with Crippen molar-refractivity contribution in [2.75, 3.05) is 21.3 Å². The van der Waals surface area contributed by atoms with E-state index in [0.717, 1.165) is 12.1 Å². The van der Waals surface area contributed by atoms with Crippen LogP contribution in [0.5, 0.6) is 0 Å². The van der Waals surface area contributed by atoms with Crippen LogP contribution < -0.4 is 9.80 Å². The number of amides is 2. The van der Waals surface area contributed by atoms with Crippen molar-refractivity contribution >= 4 is 38.8 Å². The van der Waals surface area contributed by atoms with Gasteiger partial charge in [-0.1, -0.05) is 36.7 Å². The molecule has 2 saturated heterocycles. The number of anilines is 2. The monoisotopic (exact) mass is 390 g/mol. The van der Waals surface area contributed by atoms with Gasteiger partial charge in [-0.05, 0) is 42.3 Å². The van der Waals surface area contributed by atoms with E-state index in [1.54, 1.807) is 34.1 Å². The molecule has 2 atom stereocenters. The highest BCUT2D eigenvalue weighted by atomic mass is 35.5. The Hall–Kier alpha value is -2.05. The van der Waals surface area contributed by atoms with Gasteiger partial charge in [-0.2, -0.15) is 0 Å². The van der Waals surface area contributed by atoms with Crippen molar-refractivity contribution in [3.05, 3.63) is 59.1 Å². The van der Waals surface area contributed by atoms with Gasteiger partial charge in [0.25, 0.3) is 0 Å². The minimum absolute atomic E-state index is 0.0179. The van der Waals surface area contributed by atoms with Crippen LogP contribution in [0.15, 0.2) is 48.5 Å². The Kier molecular flexibility index (Phi) is 4.20. The molecule has 4 rings (SSSR count). The zero-order valence-corrected chi connectivity index (χ0v) is 15.9. The summed E-state index contributed by atoms with van der Waals surface area (Å²) >= 11 is 6.09. The minimum Gasteiger partial charge on any atom is -0.288 e. The third kappa shape index (κ3) is 2.87. The van der Waals surface area contributed by atoms with Gasteiger partial charge in [-0.25, -0.2) is 13.2 Å². The molecule has 0 spiro atoms. The summed E-state index contributed by atoms with van der Waals surface area (Å²) in [5.41, 5.74) is 2.52. The van der Waals surface area contributed by atoms with Crippen molar-refractivity contribution < 1.29 is 13.2 Å². The normalized spacial score (nSPS) is 24.2. The highest BCUT2D eigenvalue weighted by Gasteiger charge is 2.54. The number of benzene rings is 2. The molecule has 0 N–H and O–H groups in total. The number of aryl methyl sites for hydroxylation is 1. The minimum atomic E-state index is -3.20. The Bertz CT molecular complexity index is 959. The second-order valence-corrected chi connectivity index (χ2v) is 9.32. The molecule has 26 heavy (non-hydrogen) atoms. The first-order valence-electron chi connectivity index (χ1n) is 8.57. The first-order valence-corrected chi connectivity index (χ1v) is 10.8. The van der Waals surface area contributed by atoms with Gasteiger partial charge in [0.1, 0.15) is 0 Å². The summed E-state index contributed by atoms with van der Waals surface area (Å²) in [6.45, 7) is 2.07. The number of carbonyl (C=O) groups is 1. The predicted molar refractivity (Wildman–Crippen MR) is 104 cm³/mol. The van der Waals surface area contributed by atoms with Crippen molar-refractivity contribution in [3.8, 4) is 0 Å². The zero-order chi connectivity index (χ0) is 18.5. The Morgan fingerprint density at radius 2 is 1.62 bits per heavy atom. The van der Waals surface area contributed by atoms with Gasteiger partial charge >= 0.3 is 6.03 Å². The van der Waals surface area contributed by atoms with Gasteiger partial charge in [0.15, 0.2) is 9.84 Å². The average Bonchev–Trinajstić information content (AvgIpc) is 3.03. The lowest BCUT2D eigenvalue weighted by Crippen LogP contribution is -2.37. The number of hydrogen-bond donors (Lipinski definition) is 0. The third-order valence-corrected chi connectivity index (χ3v) is 7.01.